The van der Waals surface area contributed by atoms with E-state index in [1.165, 1.54) is 0 Å². The molecule has 0 bridgehead atoms. The van der Waals surface area contributed by atoms with Gasteiger partial charge in [-0.1, -0.05) is 18.2 Å². The molecule has 2 heterocycles. The lowest BCUT2D eigenvalue weighted by Gasteiger charge is -2.24. The van der Waals surface area contributed by atoms with Crippen molar-refractivity contribution in [1.82, 2.24) is 4.90 Å². The van der Waals surface area contributed by atoms with Gasteiger partial charge in [0.05, 0.1) is 0 Å². The molecule has 0 saturated heterocycles. The van der Waals surface area contributed by atoms with Gasteiger partial charge in [-0.3, -0.25) is 4.79 Å². The standard InChI is InChI=1S/C15H13NO4S/c17-13(18)8-20-15-12-4-2-1-3-11(12)14(19)16(15)7-10-5-6-21-9-10/h1-6,9,15H,7-8H2,(H,17,18). The van der Waals surface area contributed by atoms with Crippen LogP contribution >= 0.6 is 11.3 Å². The number of carbonyl (C=O) groups is 2. The number of carbonyl (C=O) groups excluding carboxylic acids is 1. The molecule has 21 heavy (non-hydrogen) atoms. The van der Waals surface area contributed by atoms with Crippen molar-refractivity contribution < 1.29 is 19.4 Å². The van der Waals surface area contributed by atoms with Crippen molar-refractivity contribution in [3.05, 3.63) is 57.8 Å². The van der Waals surface area contributed by atoms with E-state index in [0.717, 1.165) is 11.1 Å². The summed E-state index contributed by atoms with van der Waals surface area (Å²) < 4.78 is 5.43. The van der Waals surface area contributed by atoms with E-state index < -0.39 is 18.8 Å². The largest absolute Gasteiger partial charge is 0.480 e. The maximum absolute atomic E-state index is 12.5. The van der Waals surface area contributed by atoms with Crippen LogP contribution in [0.15, 0.2) is 41.1 Å². The van der Waals surface area contributed by atoms with Crippen LogP contribution in [0.25, 0.3) is 0 Å². The molecule has 1 aromatic carbocycles. The van der Waals surface area contributed by atoms with Crippen LogP contribution in [0.1, 0.15) is 27.7 Å². The molecule has 1 aromatic heterocycles. The second-order valence-corrected chi connectivity index (χ2v) is 5.49. The number of fused-ring (bicyclic) bond motifs is 1. The Kier molecular flexibility index (Phi) is 3.72. The number of aliphatic carboxylic acids is 1. The first-order valence-corrected chi connectivity index (χ1v) is 7.35. The zero-order valence-corrected chi connectivity index (χ0v) is 11.9. The molecule has 0 spiro atoms. The third kappa shape index (κ3) is 2.68. The van der Waals surface area contributed by atoms with Gasteiger partial charge in [-0.05, 0) is 28.5 Å². The smallest absolute Gasteiger partial charge is 0.329 e. The Labute approximate surface area is 125 Å². The number of amides is 1. The molecule has 5 nitrogen and oxygen atoms in total. The van der Waals surface area contributed by atoms with Crippen LogP contribution in [0, 0.1) is 0 Å². The molecule has 1 amide bonds. The molecule has 2 aromatic rings. The van der Waals surface area contributed by atoms with Gasteiger partial charge in [-0.2, -0.15) is 11.3 Å². The highest BCUT2D eigenvalue weighted by Gasteiger charge is 2.37. The van der Waals surface area contributed by atoms with Gasteiger partial charge in [0.25, 0.3) is 5.91 Å². The molecule has 1 aliphatic rings. The third-order valence-electron chi connectivity index (χ3n) is 3.30. The Morgan fingerprint density at radius 2 is 2.14 bits per heavy atom. The first kappa shape index (κ1) is 13.8. The number of benzene rings is 1. The highest BCUT2D eigenvalue weighted by molar-refractivity contribution is 7.07. The van der Waals surface area contributed by atoms with Crippen LogP contribution < -0.4 is 0 Å². The van der Waals surface area contributed by atoms with E-state index in [0.29, 0.717) is 12.1 Å². The lowest BCUT2D eigenvalue weighted by atomic mass is 10.1. The van der Waals surface area contributed by atoms with Crippen molar-refractivity contribution in [1.29, 1.82) is 0 Å². The fourth-order valence-corrected chi connectivity index (χ4v) is 3.06. The summed E-state index contributed by atoms with van der Waals surface area (Å²) in [4.78, 5) is 24.8. The molecule has 1 aliphatic heterocycles. The number of nitrogens with zero attached hydrogens (tertiary/aromatic N) is 1. The van der Waals surface area contributed by atoms with Gasteiger partial charge in [0.15, 0.2) is 6.23 Å². The molecule has 0 fully saturated rings. The quantitative estimate of drug-likeness (QED) is 0.921. The number of hydrogen-bond acceptors (Lipinski definition) is 4. The summed E-state index contributed by atoms with van der Waals surface area (Å²) in [6, 6.07) is 9.08. The third-order valence-corrected chi connectivity index (χ3v) is 4.03. The predicted octanol–water partition coefficient (Wildman–Crippen LogP) is 2.50. The van der Waals surface area contributed by atoms with E-state index in [1.807, 2.05) is 22.9 Å². The molecule has 0 aliphatic carbocycles. The van der Waals surface area contributed by atoms with Crippen molar-refractivity contribution >= 4 is 23.2 Å². The predicted molar refractivity (Wildman–Crippen MR) is 77.0 cm³/mol. The van der Waals surface area contributed by atoms with Gasteiger partial charge < -0.3 is 14.7 Å². The van der Waals surface area contributed by atoms with E-state index >= 15 is 0 Å². The monoisotopic (exact) mass is 303 g/mol. The Bertz CT molecular complexity index is 668. The Hall–Kier alpha value is -2.18. The number of hydrogen-bond donors (Lipinski definition) is 1. The van der Waals surface area contributed by atoms with Crippen LogP contribution in [0.3, 0.4) is 0 Å². The van der Waals surface area contributed by atoms with Crippen molar-refractivity contribution in [3.8, 4) is 0 Å². The fourth-order valence-electron chi connectivity index (χ4n) is 2.40. The van der Waals surface area contributed by atoms with Crippen molar-refractivity contribution in [3.63, 3.8) is 0 Å². The van der Waals surface area contributed by atoms with E-state index in [2.05, 4.69) is 0 Å². The lowest BCUT2D eigenvalue weighted by Crippen LogP contribution is -2.30. The van der Waals surface area contributed by atoms with Crippen molar-refractivity contribution in [2.75, 3.05) is 6.61 Å². The highest BCUT2D eigenvalue weighted by atomic mass is 32.1. The number of ether oxygens (including phenoxy) is 1. The maximum atomic E-state index is 12.5. The van der Waals surface area contributed by atoms with Gasteiger partial charge in [-0.25, -0.2) is 4.79 Å². The van der Waals surface area contributed by atoms with E-state index in [-0.39, 0.29) is 5.91 Å². The summed E-state index contributed by atoms with van der Waals surface area (Å²) in [5, 5.41) is 12.7. The maximum Gasteiger partial charge on any atom is 0.329 e. The van der Waals surface area contributed by atoms with Crippen LogP contribution in [0.2, 0.25) is 0 Å². The summed E-state index contributed by atoms with van der Waals surface area (Å²) in [5.41, 5.74) is 2.30. The van der Waals surface area contributed by atoms with Gasteiger partial charge in [0.1, 0.15) is 6.61 Å². The van der Waals surface area contributed by atoms with E-state index in [9.17, 15) is 9.59 Å². The van der Waals surface area contributed by atoms with Gasteiger partial charge in [0, 0.05) is 17.7 Å². The topological polar surface area (TPSA) is 66.8 Å². The summed E-state index contributed by atoms with van der Waals surface area (Å²) in [5.74, 6) is -1.19. The Balaban J connectivity index is 1.90. The summed E-state index contributed by atoms with van der Waals surface area (Å²) in [7, 11) is 0. The van der Waals surface area contributed by atoms with Crippen molar-refractivity contribution in [2.24, 2.45) is 0 Å². The minimum atomic E-state index is -1.05. The summed E-state index contributed by atoms with van der Waals surface area (Å²) >= 11 is 1.55. The molecule has 0 radical (unpaired) electrons. The summed E-state index contributed by atoms with van der Waals surface area (Å²) in [6.07, 6.45) is -0.648. The number of carboxylic acids is 1. The zero-order valence-electron chi connectivity index (χ0n) is 11.1. The molecular formula is C15H13NO4S. The molecule has 0 saturated carbocycles. The highest BCUT2D eigenvalue weighted by Crippen LogP contribution is 2.35. The minimum absolute atomic E-state index is 0.132. The van der Waals surface area contributed by atoms with E-state index in [1.54, 1.807) is 34.4 Å². The van der Waals surface area contributed by atoms with Crippen LogP contribution in [0.4, 0.5) is 0 Å². The van der Waals surface area contributed by atoms with E-state index in [4.69, 9.17) is 9.84 Å². The fraction of sp³-hybridized carbons (Fsp3) is 0.200. The Morgan fingerprint density at radius 3 is 2.86 bits per heavy atom. The first-order valence-electron chi connectivity index (χ1n) is 6.41. The number of thiophene rings is 1. The van der Waals surface area contributed by atoms with Gasteiger partial charge in [0.2, 0.25) is 0 Å². The van der Waals surface area contributed by atoms with Crippen molar-refractivity contribution in [2.45, 2.75) is 12.8 Å². The molecule has 1 unspecified atom stereocenters. The van der Waals surface area contributed by atoms with Crippen LogP contribution in [-0.2, 0) is 16.1 Å². The molecule has 1 N–H and O–H groups in total. The zero-order chi connectivity index (χ0) is 14.8. The second kappa shape index (κ2) is 5.67. The Morgan fingerprint density at radius 1 is 1.33 bits per heavy atom. The first-order chi connectivity index (χ1) is 10.2. The average Bonchev–Trinajstić information content (AvgIpc) is 3.06. The summed E-state index contributed by atoms with van der Waals surface area (Å²) in [6.45, 7) is -0.0340. The minimum Gasteiger partial charge on any atom is -0.480 e. The second-order valence-electron chi connectivity index (χ2n) is 4.71. The van der Waals surface area contributed by atoms with Gasteiger partial charge in [-0.15, -0.1) is 0 Å². The average molecular weight is 303 g/mol. The van der Waals surface area contributed by atoms with Gasteiger partial charge >= 0.3 is 5.97 Å². The molecule has 6 heteroatoms. The normalized spacial score (nSPS) is 17.0. The molecule has 108 valence electrons. The lowest BCUT2D eigenvalue weighted by molar-refractivity contribution is -0.148. The van der Waals surface area contributed by atoms with Crippen LogP contribution in [-0.4, -0.2) is 28.5 Å². The number of carboxylic acid groups (broad SMARTS) is 1. The molecule has 1 atom stereocenters. The SMILES string of the molecule is O=C(O)COC1c2ccccc2C(=O)N1Cc1ccsc1. The number of rotatable bonds is 5. The molecular weight excluding hydrogens is 290 g/mol. The van der Waals surface area contributed by atoms with Crippen LogP contribution in [0.5, 0.6) is 0 Å². The molecule has 3 rings (SSSR count).